The lowest BCUT2D eigenvalue weighted by molar-refractivity contribution is -0.138. The fourth-order valence-corrected chi connectivity index (χ4v) is 5.81. The Balaban J connectivity index is 1.55. The van der Waals surface area contributed by atoms with Crippen LogP contribution < -0.4 is 4.74 Å². The first-order valence-corrected chi connectivity index (χ1v) is 14.6. The van der Waals surface area contributed by atoms with Crippen molar-refractivity contribution in [2.45, 2.75) is 31.9 Å². The van der Waals surface area contributed by atoms with Crippen molar-refractivity contribution >= 4 is 46.3 Å². The van der Waals surface area contributed by atoms with Gasteiger partial charge in [0.25, 0.3) is 5.91 Å². The minimum Gasteiger partial charge on any atom is -0.492 e. The van der Waals surface area contributed by atoms with Crippen molar-refractivity contribution in [3.63, 3.8) is 0 Å². The first-order valence-electron chi connectivity index (χ1n) is 13.3. The number of thioether (sulfide) groups is 1. The average molecular weight is 609 g/mol. The van der Waals surface area contributed by atoms with Gasteiger partial charge in [0.2, 0.25) is 0 Å². The maximum absolute atomic E-state index is 13.3. The van der Waals surface area contributed by atoms with E-state index in [1.165, 1.54) is 11.0 Å². The molecule has 0 aromatic heterocycles. The molecule has 0 unspecified atom stereocenters. The van der Waals surface area contributed by atoms with Crippen LogP contribution in [0.25, 0.3) is 17.2 Å². The fourth-order valence-electron chi connectivity index (χ4n) is 4.51. The van der Waals surface area contributed by atoms with Gasteiger partial charge < -0.3 is 14.6 Å². The number of hydrogen-bond donors (Lipinski definition) is 1. The number of unbranched alkanes of at least 4 members (excludes halogenated alkanes) is 2. The molecule has 7 nitrogen and oxygen atoms in total. The van der Waals surface area contributed by atoms with Crippen LogP contribution >= 0.6 is 24.0 Å². The summed E-state index contributed by atoms with van der Waals surface area (Å²) in [6.45, 7) is 4.40. The SMILES string of the molecule is O=C(O)CCCCCN1C(=O)C(=Cc2cc(-c3cccc(C(F)(F)F)c3)ccc2OCCN2CCOCC2)SC1=S. The van der Waals surface area contributed by atoms with E-state index in [2.05, 4.69) is 4.90 Å². The number of benzene rings is 2. The number of alkyl halides is 3. The first-order chi connectivity index (χ1) is 19.6. The molecule has 0 spiro atoms. The Hall–Kier alpha value is -2.93. The Labute approximate surface area is 246 Å². The van der Waals surface area contributed by atoms with E-state index >= 15 is 0 Å². The number of carboxylic acids is 1. The van der Waals surface area contributed by atoms with E-state index in [1.807, 2.05) is 0 Å². The summed E-state index contributed by atoms with van der Waals surface area (Å²) in [4.78, 5) is 28.0. The average Bonchev–Trinajstić information content (AvgIpc) is 3.21. The molecule has 0 bridgehead atoms. The number of thiocarbonyl (C=S) groups is 1. The fraction of sp³-hybridized carbons (Fsp3) is 0.414. The molecule has 0 radical (unpaired) electrons. The van der Waals surface area contributed by atoms with E-state index in [1.54, 1.807) is 30.3 Å². The zero-order valence-corrected chi connectivity index (χ0v) is 24.0. The van der Waals surface area contributed by atoms with Gasteiger partial charge in [-0.3, -0.25) is 19.4 Å². The molecule has 2 fully saturated rings. The molecule has 12 heteroatoms. The molecular formula is C29H31F3N2O5S2. The third-order valence-corrected chi connectivity index (χ3v) is 8.11. The maximum atomic E-state index is 13.3. The highest BCUT2D eigenvalue weighted by atomic mass is 32.2. The summed E-state index contributed by atoms with van der Waals surface area (Å²) >= 11 is 6.59. The van der Waals surface area contributed by atoms with Crippen LogP contribution in [0.3, 0.4) is 0 Å². The molecule has 2 aliphatic heterocycles. The molecular weight excluding hydrogens is 577 g/mol. The van der Waals surface area contributed by atoms with Crippen molar-refractivity contribution in [3.05, 3.63) is 58.5 Å². The smallest absolute Gasteiger partial charge is 0.416 e. The normalized spacial score (nSPS) is 17.4. The molecule has 1 amide bonds. The Morgan fingerprint density at radius 2 is 1.83 bits per heavy atom. The van der Waals surface area contributed by atoms with Crippen LogP contribution in [0, 0.1) is 0 Å². The Morgan fingerprint density at radius 3 is 2.56 bits per heavy atom. The molecule has 1 N–H and O–H groups in total. The summed E-state index contributed by atoms with van der Waals surface area (Å²) in [6, 6.07) is 10.2. The van der Waals surface area contributed by atoms with Gasteiger partial charge in [-0.15, -0.1) is 0 Å². The quantitative estimate of drug-likeness (QED) is 0.181. The summed E-state index contributed by atoms with van der Waals surface area (Å²) in [6.07, 6.45) is -0.924. The molecule has 220 valence electrons. The topological polar surface area (TPSA) is 79.3 Å². The Morgan fingerprint density at radius 1 is 1.07 bits per heavy atom. The van der Waals surface area contributed by atoms with Crippen molar-refractivity contribution in [1.82, 2.24) is 9.80 Å². The Bertz CT molecular complexity index is 1300. The van der Waals surface area contributed by atoms with Crippen LogP contribution in [0.4, 0.5) is 13.2 Å². The van der Waals surface area contributed by atoms with Crippen LogP contribution in [0.1, 0.15) is 36.8 Å². The van der Waals surface area contributed by atoms with E-state index in [0.717, 1.165) is 37.0 Å². The lowest BCUT2D eigenvalue weighted by Crippen LogP contribution is -2.38. The second kappa shape index (κ2) is 14.3. The van der Waals surface area contributed by atoms with Crippen LogP contribution in [-0.4, -0.2) is 77.1 Å². The van der Waals surface area contributed by atoms with Gasteiger partial charge in [0.1, 0.15) is 16.7 Å². The van der Waals surface area contributed by atoms with Crippen molar-refractivity contribution in [1.29, 1.82) is 0 Å². The molecule has 2 saturated heterocycles. The summed E-state index contributed by atoms with van der Waals surface area (Å²) < 4.78 is 51.9. The second-order valence-corrected chi connectivity index (χ2v) is 11.3. The van der Waals surface area contributed by atoms with Gasteiger partial charge in [0.05, 0.1) is 23.7 Å². The van der Waals surface area contributed by atoms with E-state index in [4.69, 9.17) is 26.8 Å². The van der Waals surface area contributed by atoms with E-state index in [0.29, 0.717) is 83.8 Å². The molecule has 2 aromatic carbocycles. The standard InChI is InChI=1S/C29H31F3N2O5S2/c30-29(31,32)23-6-4-5-20(18-23)21-8-9-24(39-16-13-33-11-14-38-15-12-33)22(17-21)19-25-27(37)34(28(40)41-25)10-3-1-2-7-26(35)36/h4-6,8-9,17-19H,1-3,7,10-16H2,(H,35,36). The van der Waals surface area contributed by atoms with Gasteiger partial charge in [-0.2, -0.15) is 13.2 Å². The highest BCUT2D eigenvalue weighted by Gasteiger charge is 2.32. The van der Waals surface area contributed by atoms with Crippen LogP contribution in [0.15, 0.2) is 47.4 Å². The first kappa shape index (κ1) is 31.0. The van der Waals surface area contributed by atoms with Crippen LogP contribution in [0.5, 0.6) is 5.75 Å². The molecule has 0 saturated carbocycles. The number of rotatable bonds is 12. The molecule has 0 aliphatic carbocycles. The lowest BCUT2D eigenvalue weighted by Gasteiger charge is -2.26. The summed E-state index contributed by atoms with van der Waals surface area (Å²) in [7, 11) is 0. The zero-order chi connectivity index (χ0) is 29.4. The highest BCUT2D eigenvalue weighted by molar-refractivity contribution is 8.26. The van der Waals surface area contributed by atoms with Gasteiger partial charge in [-0.05, 0) is 54.3 Å². The minimum absolute atomic E-state index is 0.0782. The van der Waals surface area contributed by atoms with Gasteiger partial charge >= 0.3 is 12.1 Å². The largest absolute Gasteiger partial charge is 0.492 e. The highest BCUT2D eigenvalue weighted by Crippen LogP contribution is 2.37. The molecule has 0 atom stereocenters. The number of carbonyl (C=O) groups is 2. The van der Waals surface area contributed by atoms with Crippen molar-refractivity contribution in [3.8, 4) is 16.9 Å². The third kappa shape index (κ3) is 8.78. The van der Waals surface area contributed by atoms with E-state index < -0.39 is 17.7 Å². The number of carboxylic acid groups (broad SMARTS) is 1. The van der Waals surface area contributed by atoms with Crippen molar-refractivity contribution in [2.75, 3.05) is 46.0 Å². The number of ether oxygens (including phenoxy) is 2. The van der Waals surface area contributed by atoms with Gasteiger partial charge in [0, 0.05) is 38.2 Å². The number of morpholine rings is 1. The molecule has 2 aliphatic rings. The van der Waals surface area contributed by atoms with Gasteiger partial charge in [0.15, 0.2) is 0 Å². The molecule has 2 aromatic rings. The minimum atomic E-state index is -4.47. The lowest BCUT2D eigenvalue weighted by atomic mass is 10.00. The molecule has 41 heavy (non-hydrogen) atoms. The van der Waals surface area contributed by atoms with E-state index in [9.17, 15) is 22.8 Å². The molecule has 4 rings (SSSR count). The van der Waals surface area contributed by atoms with Crippen molar-refractivity contribution < 1.29 is 37.3 Å². The van der Waals surface area contributed by atoms with E-state index in [-0.39, 0.29) is 12.3 Å². The van der Waals surface area contributed by atoms with Crippen molar-refractivity contribution in [2.24, 2.45) is 0 Å². The predicted molar refractivity (Wildman–Crippen MR) is 156 cm³/mol. The maximum Gasteiger partial charge on any atom is 0.416 e. The van der Waals surface area contributed by atoms with Crippen LogP contribution in [0.2, 0.25) is 0 Å². The van der Waals surface area contributed by atoms with Gasteiger partial charge in [-0.25, -0.2) is 0 Å². The predicted octanol–water partition coefficient (Wildman–Crippen LogP) is 5.93. The monoisotopic (exact) mass is 608 g/mol. The summed E-state index contributed by atoms with van der Waals surface area (Å²) in [5.74, 6) is -0.608. The van der Waals surface area contributed by atoms with Gasteiger partial charge in [-0.1, -0.05) is 48.6 Å². The number of amides is 1. The second-order valence-electron chi connectivity index (χ2n) is 9.67. The Kier molecular flexibility index (Phi) is 10.8. The summed E-state index contributed by atoms with van der Waals surface area (Å²) in [5.41, 5.74) is 0.760. The summed E-state index contributed by atoms with van der Waals surface area (Å²) in [5, 5.41) is 8.80. The number of aliphatic carboxylic acids is 1. The number of nitrogens with zero attached hydrogens (tertiary/aromatic N) is 2. The third-order valence-electron chi connectivity index (χ3n) is 6.73. The number of hydrogen-bond acceptors (Lipinski definition) is 7. The zero-order valence-electron chi connectivity index (χ0n) is 22.3. The number of carbonyl (C=O) groups excluding carboxylic acids is 1. The van der Waals surface area contributed by atoms with Crippen LogP contribution in [-0.2, 0) is 20.5 Å². The number of halogens is 3. The molecule has 2 heterocycles.